The average molecular weight is 264 g/mol. The van der Waals surface area contributed by atoms with E-state index in [9.17, 15) is 9.59 Å². The molecule has 0 saturated carbocycles. The molecule has 1 unspecified atom stereocenters. The number of para-hydroxylation sites is 1. The number of nitrogens with one attached hydrogen (secondary N) is 2. The number of carbonyl (C=O) groups is 2. The third-order valence-corrected chi connectivity index (χ3v) is 2.77. The predicted molar refractivity (Wildman–Crippen MR) is 74.5 cm³/mol. The van der Waals surface area contributed by atoms with E-state index in [1.165, 1.54) is 6.07 Å². The van der Waals surface area contributed by atoms with Gasteiger partial charge in [0.15, 0.2) is 0 Å². The van der Waals surface area contributed by atoms with Crippen molar-refractivity contribution in [1.82, 2.24) is 5.32 Å². The van der Waals surface area contributed by atoms with Gasteiger partial charge in [-0.2, -0.15) is 0 Å². The van der Waals surface area contributed by atoms with Crippen LogP contribution in [0, 0.1) is 0 Å². The lowest BCUT2D eigenvalue weighted by atomic mass is 10.1. The second-order valence-electron chi connectivity index (χ2n) is 4.49. The predicted octanol–water partition coefficient (Wildman–Crippen LogP) is 3.09. The molecular weight excluding hydrogens is 244 g/mol. The van der Waals surface area contributed by atoms with Gasteiger partial charge in [0.2, 0.25) is 0 Å². The van der Waals surface area contributed by atoms with Crippen molar-refractivity contribution in [3.05, 3.63) is 29.8 Å². The Morgan fingerprint density at radius 1 is 1.32 bits per heavy atom. The quantitative estimate of drug-likeness (QED) is 0.738. The zero-order chi connectivity index (χ0) is 14.3. The maximum absolute atomic E-state index is 11.7. The molecule has 5 heteroatoms. The first-order valence-corrected chi connectivity index (χ1v) is 6.44. The van der Waals surface area contributed by atoms with Crippen LogP contribution in [0.4, 0.5) is 10.5 Å². The van der Waals surface area contributed by atoms with Gasteiger partial charge in [-0.05, 0) is 25.5 Å². The van der Waals surface area contributed by atoms with Crippen molar-refractivity contribution in [2.24, 2.45) is 0 Å². The van der Waals surface area contributed by atoms with Gasteiger partial charge in [-0.25, -0.2) is 9.59 Å². The summed E-state index contributed by atoms with van der Waals surface area (Å²) in [4.78, 5) is 22.7. The number of carboxylic acids is 1. The molecule has 0 aliphatic rings. The SMILES string of the molecule is CCCCC(C)NC(=O)Nc1ccccc1C(=O)O. The normalized spacial score (nSPS) is 11.7. The Kier molecular flexibility index (Phi) is 5.85. The molecule has 1 rings (SSSR count). The van der Waals surface area contributed by atoms with Gasteiger partial charge in [-0.15, -0.1) is 0 Å². The number of hydrogen-bond donors (Lipinski definition) is 3. The topological polar surface area (TPSA) is 78.4 Å². The van der Waals surface area contributed by atoms with E-state index in [4.69, 9.17) is 5.11 Å². The zero-order valence-electron chi connectivity index (χ0n) is 11.3. The van der Waals surface area contributed by atoms with Gasteiger partial charge in [0, 0.05) is 6.04 Å². The van der Waals surface area contributed by atoms with Gasteiger partial charge in [-0.1, -0.05) is 31.9 Å². The lowest BCUT2D eigenvalue weighted by Crippen LogP contribution is -2.36. The minimum absolute atomic E-state index is 0.0666. The Bertz CT molecular complexity index is 446. The van der Waals surface area contributed by atoms with Crippen molar-refractivity contribution < 1.29 is 14.7 Å². The van der Waals surface area contributed by atoms with Crippen LogP contribution in [-0.4, -0.2) is 23.1 Å². The van der Waals surface area contributed by atoms with E-state index in [2.05, 4.69) is 17.6 Å². The summed E-state index contributed by atoms with van der Waals surface area (Å²) in [6.45, 7) is 4.02. The highest BCUT2D eigenvalue weighted by Crippen LogP contribution is 2.14. The van der Waals surface area contributed by atoms with E-state index in [0.29, 0.717) is 5.69 Å². The maximum Gasteiger partial charge on any atom is 0.337 e. The van der Waals surface area contributed by atoms with Crippen LogP contribution >= 0.6 is 0 Å². The van der Waals surface area contributed by atoms with Crippen LogP contribution < -0.4 is 10.6 Å². The Balaban J connectivity index is 2.60. The molecule has 1 aromatic rings. The molecule has 104 valence electrons. The van der Waals surface area contributed by atoms with E-state index in [1.807, 2.05) is 6.92 Å². The van der Waals surface area contributed by atoms with Crippen molar-refractivity contribution in [1.29, 1.82) is 0 Å². The fourth-order valence-electron chi connectivity index (χ4n) is 1.74. The number of anilines is 1. The molecule has 2 amide bonds. The highest BCUT2D eigenvalue weighted by atomic mass is 16.4. The molecule has 0 aliphatic carbocycles. The van der Waals surface area contributed by atoms with Crippen molar-refractivity contribution in [3.8, 4) is 0 Å². The summed E-state index contributed by atoms with van der Waals surface area (Å²) in [6.07, 6.45) is 3.03. The molecule has 0 radical (unpaired) electrons. The van der Waals surface area contributed by atoms with Crippen LogP contribution in [0.15, 0.2) is 24.3 Å². The monoisotopic (exact) mass is 264 g/mol. The van der Waals surface area contributed by atoms with E-state index in [0.717, 1.165) is 19.3 Å². The fourth-order valence-corrected chi connectivity index (χ4v) is 1.74. The van der Waals surface area contributed by atoms with Crippen molar-refractivity contribution in [2.45, 2.75) is 39.2 Å². The Morgan fingerprint density at radius 3 is 2.63 bits per heavy atom. The van der Waals surface area contributed by atoms with Crippen LogP contribution in [0.1, 0.15) is 43.5 Å². The molecule has 1 atom stereocenters. The van der Waals surface area contributed by atoms with Gasteiger partial charge < -0.3 is 15.7 Å². The third-order valence-electron chi connectivity index (χ3n) is 2.77. The lowest BCUT2D eigenvalue weighted by Gasteiger charge is -2.15. The standard InChI is InChI=1S/C14H20N2O3/c1-3-4-7-10(2)15-14(19)16-12-9-6-5-8-11(12)13(17)18/h5-6,8-10H,3-4,7H2,1-2H3,(H,17,18)(H2,15,16,19). The summed E-state index contributed by atoms with van der Waals surface area (Å²) < 4.78 is 0. The van der Waals surface area contributed by atoms with Gasteiger partial charge in [-0.3, -0.25) is 0 Å². The van der Waals surface area contributed by atoms with E-state index < -0.39 is 5.97 Å². The van der Waals surface area contributed by atoms with Crippen LogP contribution in [0.25, 0.3) is 0 Å². The van der Waals surface area contributed by atoms with Crippen molar-refractivity contribution >= 4 is 17.7 Å². The van der Waals surface area contributed by atoms with Crippen LogP contribution in [0.3, 0.4) is 0 Å². The fraction of sp³-hybridized carbons (Fsp3) is 0.429. The number of rotatable bonds is 6. The Hall–Kier alpha value is -2.04. The number of carbonyl (C=O) groups excluding carboxylic acids is 1. The number of benzene rings is 1. The molecule has 0 bridgehead atoms. The van der Waals surface area contributed by atoms with Gasteiger partial charge >= 0.3 is 12.0 Å². The summed E-state index contributed by atoms with van der Waals surface area (Å²) in [7, 11) is 0. The summed E-state index contributed by atoms with van der Waals surface area (Å²) in [6, 6.07) is 6.02. The number of amides is 2. The molecule has 0 aromatic heterocycles. The number of hydrogen-bond acceptors (Lipinski definition) is 2. The lowest BCUT2D eigenvalue weighted by molar-refractivity contribution is 0.0698. The summed E-state index contributed by atoms with van der Waals surface area (Å²) in [5.74, 6) is -1.06. The largest absolute Gasteiger partial charge is 0.478 e. The molecule has 0 heterocycles. The molecule has 1 aromatic carbocycles. The number of carboxylic acid groups (broad SMARTS) is 1. The van der Waals surface area contributed by atoms with Gasteiger partial charge in [0.1, 0.15) is 0 Å². The van der Waals surface area contributed by atoms with E-state index in [-0.39, 0.29) is 17.6 Å². The summed E-state index contributed by atoms with van der Waals surface area (Å²) in [5, 5.41) is 14.4. The highest BCUT2D eigenvalue weighted by molar-refractivity contribution is 5.99. The van der Waals surface area contributed by atoms with Crippen molar-refractivity contribution in [2.75, 3.05) is 5.32 Å². The van der Waals surface area contributed by atoms with E-state index >= 15 is 0 Å². The van der Waals surface area contributed by atoms with Crippen LogP contribution in [0.5, 0.6) is 0 Å². The molecule has 0 fully saturated rings. The molecule has 0 saturated heterocycles. The minimum atomic E-state index is -1.06. The zero-order valence-corrected chi connectivity index (χ0v) is 11.3. The molecule has 0 spiro atoms. The molecule has 5 nitrogen and oxygen atoms in total. The molecule has 3 N–H and O–H groups in total. The minimum Gasteiger partial charge on any atom is -0.478 e. The van der Waals surface area contributed by atoms with Gasteiger partial charge in [0.25, 0.3) is 0 Å². The van der Waals surface area contributed by atoms with Gasteiger partial charge in [0.05, 0.1) is 11.3 Å². The van der Waals surface area contributed by atoms with Crippen LogP contribution in [-0.2, 0) is 0 Å². The highest BCUT2D eigenvalue weighted by Gasteiger charge is 2.12. The third kappa shape index (κ3) is 4.99. The molecule has 19 heavy (non-hydrogen) atoms. The van der Waals surface area contributed by atoms with Crippen molar-refractivity contribution in [3.63, 3.8) is 0 Å². The first-order valence-electron chi connectivity index (χ1n) is 6.44. The molecular formula is C14H20N2O3. The smallest absolute Gasteiger partial charge is 0.337 e. The number of urea groups is 1. The molecule has 0 aliphatic heterocycles. The summed E-state index contributed by atoms with van der Waals surface area (Å²) >= 11 is 0. The van der Waals surface area contributed by atoms with E-state index in [1.54, 1.807) is 18.2 Å². The Morgan fingerprint density at radius 2 is 2.00 bits per heavy atom. The summed E-state index contributed by atoms with van der Waals surface area (Å²) in [5.41, 5.74) is 0.383. The first-order chi connectivity index (χ1) is 9.04. The maximum atomic E-state index is 11.7. The second-order valence-corrected chi connectivity index (χ2v) is 4.49. The number of unbranched alkanes of at least 4 members (excludes halogenated alkanes) is 1. The first kappa shape index (κ1) is 15.0. The average Bonchev–Trinajstić information content (AvgIpc) is 2.36. The van der Waals surface area contributed by atoms with Crippen LogP contribution in [0.2, 0.25) is 0 Å². The Labute approximate surface area is 113 Å². The number of aromatic carboxylic acids is 1. The second kappa shape index (κ2) is 7.41.